The summed E-state index contributed by atoms with van der Waals surface area (Å²) < 4.78 is 30.9. The predicted molar refractivity (Wildman–Crippen MR) is 64.1 cm³/mol. The van der Waals surface area contributed by atoms with Gasteiger partial charge in [0.2, 0.25) is 0 Å². The van der Waals surface area contributed by atoms with Gasteiger partial charge < -0.3 is 4.74 Å². The Morgan fingerprint density at radius 2 is 2.06 bits per heavy atom. The van der Waals surface area contributed by atoms with Crippen molar-refractivity contribution < 1.29 is 13.5 Å². The van der Waals surface area contributed by atoms with Crippen LogP contribution in [-0.4, -0.2) is 12.4 Å². The van der Waals surface area contributed by atoms with Gasteiger partial charge in [-0.05, 0) is 24.3 Å². The van der Waals surface area contributed by atoms with E-state index in [2.05, 4.69) is 19.6 Å². The summed E-state index contributed by atoms with van der Waals surface area (Å²) in [6, 6.07) is 3.57. The zero-order valence-corrected chi connectivity index (χ0v) is 10.1. The Balaban J connectivity index is 2.50. The summed E-state index contributed by atoms with van der Waals surface area (Å²) in [5.41, 5.74) is 0. The molecule has 0 bridgehead atoms. The van der Waals surface area contributed by atoms with Crippen LogP contribution in [0, 0.1) is 17.6 Å². The first-order chi connectivity index (χ1) is 7.67. The van der Waals surface area contributed by atoms with Crippen molar-refractivity contribution >= 4 is 12.6 Å². The van der Waals surface area contributed by atoms with Gasteiger partial charge >= 0.3 is 0 Å². The topological polar surface area (TPSA) is 9.23 Å². The van der Waals surface area contributed by atoms with Gasteiger partial charge in [0, 0.05) is 12.0 Å². The normalized spacial score (nSPS) is 12.5. The summed E-state index contributed by atoms with van der Waals surface area (Å²) in [4.78, 5) is 0. The molecule has 0 radical (unpaired) electrons. The van der Waals surface area contributed by atoms with Gasteiger partial charge in [0.15, 0.2) is 11.6 Å². The zero-order valence-electron chi connectivity index (χ0n) is 9.25. The van der Waals surface area contributed by atoms with Crippen LogP contribution in [0.4, 0.5) is 8.78 Å². The maximum Gasteiger partial charge on any atom is 0.162 e. The van der Waals surface area contributed by atoms with Gasteiger partial charge in [0.05, 0.1) is 6.61 Å². The fourth-order valence-corrected chi connectivity index (χ4v) is 1.70. The summed E-state index contributed by atoms with van der Waals surface area (Å²) in [6.07, 6.45) is 2.08. The maximum atomic E-state index is 12.9. The molecule has 0 aliphatic rings. The largest absolute Gasteiger partial charge is 0.493 e. The molecule has 0 saturated carbocycles. The molecule has 90 valence electrons. The predicted octanol–water partition coefficient (Wildman–Crippen LogP) is 3.69. The zero-order chi connectivity index (χ0) is 12.0. The maximum absolute atomic E-state index is 12.9. The Labute approximate surface area is 100 Å². The Morgan fingerprint density at radius 1 is 1.31 bits per heavy atom. The Bertz CT molecular complexity index is 331. The van der Waals surface area contributed by atoms with Crippen molar-refractivity contribution in [1.29, 1.82) is 0 Å². The molecular formula is C12H16F2OS. The first kappa shape index (κ1) is 13.3. The molecule has 0 aliphatic carbocycles. The lowest BCUT2D eigenvalue weighted by Gasteiger charge is -2.14. The molecule has 1 nitrogen and oxygen atoms in total. The van der Waals surface area contributed by atoms with Crippen LogP contribution in [0.3, 0.4) is 0 Å². The molecule has 1 rings (SSSR count). The highest BCUT2D eigenvalue weighted by molar-refractivity contribution is 7.80. The molecule has 1 atom stereocenters. The molecule has 1 aromatic rings. The van der Waals surface area contributed by atoms with Crippen molar-refractivity contribution in [2.24, 2.45) is 5.92 Å². The van der Waals surface area contributed by atoms with Gasteiger partial charge in [-0.2, -0.15) is 12.6 Å². The smallest absolute Gasteiger partial charge is 0.162 e. The van der Waals surface area contributed by atoms with Crippen LogP contribution in [0.1, 0.15) is 19.8 Å². The van der Waals surface area contributed by atoms with Crippen LogP contribution < -0.4 is 4.74 Å². The van der Waals surface area contributed by atoms with Crippen LogP contribution >= 0.6 is 12.6 Å². The average molecular weight is 246 g/mol. The van der Waals surface area contributed by atoms with E-state index >= 15 is 0 Å². The third-order valence-electron chi connectivity index (χ3n) is 2.33. The summed E-state index contributed by atoms with van der Waals surface area (Å²) in [6.45, 7) is 2.58. The Morgan fingerprint density at radius 3 is 2.62 bits per heavy atom. The molecule has 16 heavy (non-hydrogen) atoms. The van der Waals surface area contributed by atoms with Crippen molar-refractivity contribution in [2.75, 3.05) is 12.4 Å². The van der Waals surface area contributed by atoms with E-state index in [0.717, 1.165) is 30.7 Å². The first-order valence-electron chi connectivity index (χ1n) is 5.36. The van der Waals surface area contributed by atoms with Gasteiger partial charge in [-0.15, -0.1) is 0 Å². The molecular weight excluding hydrogens is 230 g/mol. The average Bonchev–Trinajstić information content (AvgIpc) is 2.28. The van der Waals surface area contributed by atoms with Crippen molar-refractivity contribution in [1.82, 2.24) is 0 Å². The van der Waals surface area contributed by atoms with Crippen LogP contribution in [0.2, 0.25) is 0 Å². The number of benzene rings is 1. The highest BCUT2D eigenvalue weighted by Crippen LogP contribution is 2.17. The molecule has 0 N–H and O–H groups in total. The van der Waals surface area contributed by atoms with Gasteiger partial charge in [-0.25, -0.2) is 8.78 Å². The third kappa shape index (κ3) is 4.00. The second-order valence-corrected chi connectivity index (χ2v) is 4.09. The lowest BCUT2D eigenvalue weighted by Crippen LogP contribution is -2.13. The lowest BCUT2D eigenvalue weighted by atomic mass is 10.1. The Kier molecular flexibility index (Phi) is 5.60. The van der Waals surface area contributed by atoms with E-state index in [1.807, 2.05) is 0 Å². The first-order valence-corrected chi connectivity index (χ1v) is 5.99. The molecule has 0 spiro atoms. The van der Waals surface area contributed by atoms with E-state index in [1.165, 1.54) is 6.07 Å². The van der Waals surface area contributed by atoms with Crippen molar-refractivity contribution in [3.8, 4) is 5.75 Å². The minimum Gasteiger partial charge on any atom is -0.493 e. The van der Waals surface area contributed by atoms with Crippen molar-refractivity contribution in [3.05, 3.63) is 29.8 Å². The van der Waals surface area contributed by atoms with E-state index in [-0.39, 0.29) is 0 Å². The molecule has 1 unspecified atom stereocenters. The molecule has 0 fully saturated rings. The van der Waals surface area contributed by atoms with Crippen LogP contribution in [0.15, 0.2) is 18.2 Å². The van der Waals surface area contributed by atoms with Crippen molar-refractivity contribution in [3.63, 3.8) is 0 Å². The summed E-state index contributed by atoms with van der Waals surface area (Å²) >= 11 is 4.22. The molecule has 0 amide bonds. The number of ether oxygens (including phenoxy) is 1. The number of rotatable bonds is 6. The quantitative estimate of drug-likeness (QED) is 0.753. The number of hydrogen-bond acceptors (Lipinski definition) is 2. The highest BCUT2D eigenvalue weighted by atomic mass is 32.1. The van der Waals surface area contributed by atoms with E-state index in [0.29, 0.717) is 18.3 Å². The monoisotopic (exact) mass is 246 g/mol. The number of thiol groups is 1. The molecule has 0 saturated heterocycles. The second kappa shape index (κ2) is 6.74. The van der Waals surface area contributed by atoms with Crippen LogP contribution in [0.5, 0.6) is 5.75 Å². The number of hydrogen-bond donors (Lipinski definition) is 1. The van der Waals surface area contributed by atoms with Crippen LogP contribution in [0.25, 0.3) is 0 Å². The molecule has 4 heteroatoms. The SMILES string of the molecule is CCCC(CS)COc1ccc(F)c(F)c1. The summed E-state index contributed by atoms with van der Waals surface area (Å²) in [5, 5.41) is 0. The minimum atomic E-state index is -0.879. The highest BCUT2D eigenvalue weighted by Gasteiger charge is 2.08. The minimum absolute atomic E-state index is 0.349. The van der Waals surface area contributed by atoms with Crippen LogP contribution in [-0.2, 0) is 0 Å². The fraction of sp³-hybridized carbons (Fsp3) is 0.500. The molecule has 0 aliphatic heterocycles. The van der Waals surface area contributed by atoms with Crippen molar-refractivity contribution in [2.45, 2.75) is 19.8 Å². The van der Waals surface area contributed by atoms with Gasteiger partial charge in [0.25, 0.3) is 0 Å². The van der Waals surface area contributed by atoms with E-state index in [4.69, 9.17) is 4.74 Å². The molecule has 0 aromatic heterocycles. The van der Waals surface area contributed by atoms with E-state index in [9.17, 15) is 8.78 Å². The lowest BCUT2D eigenvalue weighted by molar-refractivity contribution is 0.253. The molecule has 1 aromatic carbocycles. The summed E-state index contributed by atoms with van der Waals surface area (Å²) in [7, 11) is 0. The standard InChI is InChI=1S/C12H16F2OS/c1-2-3-9(8-16)7-15-10-4-5-11(13)12(14)6-10/h4-6,9,16H,2-3,7-8H2,1H3. The molecule has 0 heterocycles. The van der Waals surface area contributed by atoms with Gasteiger partial charge in [-0.1, -0.05) is 13.3 Å². The van der Waals surface area contributed by atoms with E-state index in [1.54, 1.807) is 0 Å². The van der Waals surface area contributed by atoms with Gasteiger partial charge in [-0.3, -0.25) is 0 Å². The second-order valence-electron chi connectivity index (χ2n) is 3.72. The number of halogens is 2. The summed E-state index contributed by atoms with van der Waals surface area (Å²) in [5.74, 6) is -0.289. The van der Waals surface area contributed by atoms with Gasteiger partial charge in [0.1, 0.15) is 5.75 Å². The third-order valence-corrected chi connectivity index (χ3v) is 2.85. The fourth-order valence-electron chi connectivity index (χ4n) is 1.42. The van der Waals surface area contributed by atoms with E-state index < -0.39 is 11.6 Å². The Hall–Kier alpha value is -0.770.